The van der Waals surface area contributed by atoms with Gasteiger partial charge in [0.1, 0.15) is 11.6 Å². The first-order chi connectivity index (χ1) is 9.54. The SMILES string of the molecule is COCCCCn1c(C(C)Cl)nc2cc(I)c(F)cc21. The molecule has 110 valence electrons. The van der Waals surface area contributed by atoms with Gasteiger partial charge in [-0.15, -0.1) is 11.6 Å². The zero-order chi connectivity index (χ0) is 14.7. The minimum Gasteiger partial charge on any atom is -0.385 e. The van der Waals surface area contributed by atoms with Crippen LogP contribution in [0.1, 0.15) is 31.0 Å². The molecule has 0 fully saturated rings. The molecule has 1 heterocycles. The van der Waals surface area contributed by atoms with E-state index in [1.807, 2.05) is 34.1 Å². The van der Waals surface area contributed by atoms with Crippen LogP contribution in [0.5, 0.6) is 0 Å². The molecule has 0 radical (unpaired) electrons. The average molecular weight is 411 g/mol. The van der Waals surface area contributed by atoms with E-state index in [1.165, 1.54) is 0 Å². The van der Waals surface area contributed by atoms with Gasteiger partial charge >= 0.3 is 0 Å². The number of ether oxygens (including phenoxy) is 1. The van der Waals surface area contributed by atoms with E-state index in [4.69, 9.17) is 16.3 Å². The lowest BCUT2D eigenvalue weighted by atomic mass is 10.3. The van der Waals surface area contributed by atoms with E-state index in [1.54, 1.807) is 19.2 Å². The summed E-state index contributed by atoms with van der Waals surface area (Å²) >= 11 is 8.17. The predicted molar refractivity (Wildman–Crippen MR) is 87.8 cm³/mol. The van der Waals surface area contributed by atoms with Gasteiger partial charge in [-0.25, -0.2) is 9.37 Å². The highest BCUT2D eigenvalue weighted by atomic mass is 127. The quantitative estimate of drug-likeness (QED) is 0.398. The Kier molecular flexibility index (Phi) is 5.63. The second kappa shape index (κ2) is 7.04. The van der Waals surface area contributed by atoms with Crippen molar-refractivity contribution in [3.8, 4) is 0 Å². The number of nitrogens with zero attached hydrogens (tertiary/aromatic N) is 2. The molecule has 0 bridgehead atoms. The molecule has 0 N–H and O–H groups in total. The Hall–Kier alpha value is -0.400. The van der Waals surface area contributed by atoms with E-state index in [0.717, 1.165) is 42.9 Å². The van der Waals surface area contributed by atoms with Crippen LogP contribution >= 0.6 is 34.2 Å². The molecular formula is C14H17ClFIN2O. The molecule has 0 amide bonds. The second-order valence-electron chi connectivity index (χ2n) is 4.69. The van der Waals surface area contributed by atoms with Gasteiger partial charge in [-0.3, -0.25) is 0 Å². The normalized spacial score (nSPS) is 13.1. The largest absolute Gasteiger partial charge is 0.385 e. The third-order valence-corrected chi connectivity index (χ3v) is 4.18. The second-order valence-corrected chi connectivity index (χ2v) is 6.51. The summed E-state index contributed by atoms with van der Waals surface area (Å²) in [5, 5.41) is -0.203. The summed E-state index contributed by atoms with van der Waals surface area (Å²) in [7, 11) is 1.69. The molecule has 1 atom stereocenters. The molecule has 0 aliphatic rings. The van der Waals surface area contributed by atoms with Crippen molar-refractivity contribution in [1.29, 1.82) is 0 Å². The lowest BCUT2D eigenvalue weighted by molar-refractivity contribution is 0.191. The molecule has 0 saturated carbocycles. The van der Waals surface area contributed by atoms with Gasteiger partial charge in [0, 0.05) is 26.3 Å². The summed E-state index contributed by atoms with van der Waals surface area (Å²) in [6.45, 7) is 3.38. The minimum atomic E-state index is -0.218. The molecule has 3 nitrogen and oxygen atoms in total. The number of benzene rings is 1. The van der Waals surface area contributed by atoms with Crippen LogP contribution in [-0.2, 0) is 11.3 Å². The zero-order valence-corrected chi connectivity index (χ0v) is 14.4. The Balaban J connectivity index is 2.37. The van der Waals surface area contributed by atoms with Crippen LogP contribution in [0.3, 0.4) is 0 Å². The molecule has 2 rings (SSSR count). The monoisotopic (exact) mass is 410 g/mol. The highest BCUT2D eigenvalue weighted by Gasteiger charge is 2.16. The van der Waals surface area contributed by atoms with Crippen LogP contribution in [0.25, 0.3) is 11.0 Å². The molecular weight excluding hydrogens is 394 g/mol. The molecule has 0 saturated heterocycles. The molecule has 1 unspecified atom stereocenters. The molecule has 1 aromatic carbocycles. The van der Waals surface area contributed by atoms with Crippen molar-refractivity contribution in [2.24, 2.45) is 0 Å². The van der Waals surface area contributed by atoms with E-state index in [0.29, 0.717) is 3.57 Å². The first-order valence-corrected chi connectivity index (χ1v) is 8.04. The number of rotatable bonds is 6. The van der Waals surface area contributed by atoms with Gasteiger partial charge in [0.15, 0.2) is 0 Å². The van der Waals surface area contributed by atoms with Crippen molar-refractivity contribution in [2.45, 2.75) is 31.7 Å². The fourth-order valence-corrected chi connectivity index (χ4v) is 2.81. The highest BCUT2D eigenvalue weighted by Crippen LogP contribution is 2.27. The van der Waals surface area contributed by atoms with Crippen molar-refractivity contribution in [3.63, 3.8) is 0 Å². The third-order valence-electron chi connectivity index (χ3n) is 3.16. The van der Waals surface area contributed by atoms with E-state index in [2.05, 4.69) is 4.98 Å². The molecule has 1 aromatic heterocycles. The lowest BCUT2D eigenvalue weighted by Crippen LogP contribution is -2.05. The number of fused-ring (bicyclic) bond motifs is 1. The third kappa shape index (κ3) is 3.43. The number of aryl methyl sites for hydroxylation is 1. The van der Waals surface area contributed by atoms with Gasteiger partial charge in [-0.05, 0) is 48.4 Å². The van der Waals surface area contributed by atoms with Gasteiger partial charge in [-0.1, -0.05) is 0 Å². The molecule has 20 heavy (non-hydrogen) atoms. The topological polar surface area (TPSA) is 27.1 Å². The Morgan fingerprint density at radius 1 is 1.45 bits per heavy atom. The average Bonchev–Trinajstić information content (AvgIpc) is 2.74. The van der Waals surface area contributed by atoms with Crippen molar-refractivity contribution in [3.05, 3.63) is 27.3 Å². The first-order valence-electron chi connectivity index (χ1n) is 6.52. The van der Waals surface area contributed by atoms with Crippen LogP contribution in [0.4, 0.5) is 4.39 Å². The van der Waals surface area contributed by atoms with Gasteiger partial charge < -0.3 is 9.30 Å². The van der Waals surface area contributed by atoms with Crippen LogP contribution in [-0.4, -0.2) is 23.3 Å². The molecule has 6 heteroatoms. The maximum Gasteiger partial charge on any atom is 0.138 e. The predicted octanol–water partition coefficient (Wildman–Crippen LogP) is 4.51. The van der Waals surface area contributed by atoms with Crippen LogP contribution in [0.15, 0.2) is 12.1 Å². The number of imidazole rings is 1. The van der Waals surface area contributed by atoms with Crippen LogP contribution < -0.4 is 0 Å². The van der Waals surface area contributed by atoms with Gasteiger partial charge in [-0.2, -0.15) is 0 Å². The van der Waals surface area contributed by atoms with Crippen molar-refractivity contribution in [2.75, 3.05) is 13.7 Å². The number of alkyl halides is 1. The van der Waals surface area contributed by atoms with E-state index in [-0.39, 0.29) is 11.2 Å². The van der Waals surface area contributed by atoms with E-state index in [9.17, 15) is 4.39 Å². The van der Waals surface area contributed by atoms with Crippen molar-refractivity contribution in [1.82, 2.24) is 9.55 Å². The van der Waals surface area contributed by atoms with Crippen LogP contribution in [0, 0.1) is 9.39 Å². The van der Waals surface area contributed by atoms with Gasteiger partial charge in [0.2, 0.25) is 0 Å². The molecule has 0 spiro atoms. The Labute approximate surface area is 136 Å². The fourth-order valence-electron chi connectivity index (χ4n) is 2.19. The number of aromatic nitrogens is 2. The smallest absolute Gasteiger partial charge is 0.138 e. The summed E-state index contributed by atoms with van der Waals surface area (Å²) in [5.74, 6) is 0.574. The summed E-state index contributed by atoms with van der Waals surface area (Å²) in [5.41, 5.74) is 1.60. The number of hydrogen-bond donors (Lipinski definition) is 0. The number of methoxy groups -OCH3 is 1. The van der Waals surface area contributed by atoms with Crippen molar-refractivity contribution < 1.29 is 9.13 Å². The maximum absolute atomic E-state index is 13.8. The zero-order valence-electron chi connectivity index (χ0n) is 11.5. The summed E-state index contributed by atoms with van der Waals surface area (Å²) in [6, 6.07) is 3.31. The molecule has 0 aliphatic carbocycles. The van der Waals surface area contributed by atoms with Gasteiger partial charge in [0.25, 0.3) is 0 Å². The maximum atomic E-state index is 13.8. The van der Waals surface area contributed by atoms with E-state index < -0.39 is 0 Å². The highest BCUT2D eigenvalue weighted by molar-refractivity contribution is 14.1. The first kappa shape index (κ1) is 16.0. The molecule has 0 aliphatic heterocycles. The minimum absolute atomic E-state index is 0.203. The lowest BCUT2D eigenvalue weighted by Gasteiger charge is -2.10. The van der Waals surface area contributed by atoms with Crippen molar-refractivity contribution >= 4 is 45.2 Å². The Morgan fingerprint density at radius 3 is 2.85 bits per heavy atom. The Morgan fingerprint density at radius 2 is 2.20 bits per heavy atom. The standard InChI is InChI=1S/C14H17ClFIN2O/c1-9(15)14-18-12-8-11(17)10(16)7-13(12)19(14)5-3-4-6-20-2/h7-9H,3-6H2,1-2H3. The summed E-state index contributed by atoms with van der Waals surface area (Å²) < 4.78 is 21.4. The van der Waals surface area contributed by atoms with Gasteiger partial charge in [0.05, 0.1) is 20.0 Å². The Bertz CT molecular complexity index is 600. The number of hydrogen-bond acceptors (Lipinski definition) is 2. The fraction of sp³-hybridized carbons (Fsp3) is 0.500. The van der Waals surface area contributed by atoms with Crippen LogP contribution in [0.2, 0.25) is 0 Å². The number of halogens is 3. The van der Waals surface area contributed by atoms with E-state index >= 15 is 0 Å². The summed E-state index contributed by atoms with van der Waals surface area (Å²) in [6.07, 6.45) is 1.91. The number of unbranched alkanes of at least 4 members (excludes halogenated alkanes) is 1. The summed E-state index contributed by atoms with van der Waals surface area (Å²) in [4.78, 5) is 4.54. The molecule has 2 aromatic rings.